The smallest absolute Gasteiger partial charge is 0.127 e. The zero-order chi connectivity index (χ0) is 16.9. The minimum atomic E-state index is -0.179. The third-order valence-electron chi connectivity index (χ3n) is 3.90. The molecule has 0 radical (unpaired) electrons. The Hall–Kier alpha value is -2.96. The van der Waals surface area contributed by atoms with Crippen LogP contribution in [-0.4, -0.2) is 25.9 Å². The SMILES string of the molecule is COc1ccc(OC)c2cc(-c3ccccc3)c(C#CCO)cc12. The van der Waals surface area contributed by atoms with Gasteiger partial charge >= 0.3 is 0 Å². The van der Waals surface area contributed by atoms with E-state index in [0.717, 1.165) is 39.0 Å². The number of benzene rings is 3. The molecule has 3 rings (SSSR count). The van der Waals surface area contributed by atoms with E-state index in [-0.39, 0.29) is 6.61 Å². The first-order valence-corrected chi connectivity index (χ1v) is 7.62. The van der Waals surface area contributed by atoms with Gasteiger partial charge in [-0.25, -0.2) is 0 Å². The summed E-state index contributed by atoms with van der Waals surface area (Å²) in [5.41, 5.74) is 2.90. The second kappa shape index (κ2) is 7.08. The monoisotopic (exact) mass is 318 g/mol. The molecule has 0 unspecified atom stereocenters. The molecule has 3 nitrogen and oxygen atoms in total. The van der Waals surface area contributed by atoms with Crippen molar-refractivity contribution in [2.45, 2.75) is 0 Å². The lowest BCUT2D eigenvalue weighted by Gasteiger charge is -2.13. The number of aliphatic hydroxyl groups excluding tert-OH is 1. The Morgan fingerprint density at radius 3 is 2.08 bits per heavy atom. The van der Waals surface area contributed by atoms with Gasteiger partial charge in [-0.2, -0.15) is 0 Å². The summed E-state index contributed by atoms with van der Waals surface area (Å²) in [6, 6.07) is 17.9. The third-order valence-corrected chi connectivity index (χ3v) is 3.90. The van der Waals surface area contributed by atoms with Crippen molar-refractivity contribution < 1.29 is 14.6 Å². The van der Waals surface area contributed by atoms with Crippen LogP contribution in [-0.2, 0) is 0 Å². The van der Waals surface area contributed by atoms with E-state index < -0.39 is 0 Å². The van der Waals surface area contributed by atoms with E-state index in [4.69, 9.17) is 14.6 Å². The molecule has 0 spiro atoms. The minimum absolute atomic E-state index is 0.179. The first-order chi connectivity index (χ1) is 11.8. The summed E-state index contributed by atoms with van der Waals surface area (Å²) in [6.07, 6.45) is 0. The van der Waals surface area contributed by atoms with E-state index in [2.05, 4.69) is 17.9 Å². The van der Waals surface area contributed by atoms with Gasteiger partial charge in [0.1, 0.15) is 18.1 Å². The van der Waals surface area contributed by atoms with Crippen molar-refractivity contribution >= 4 is 10.8 Å². The molecule has 0 heterocycles. The van der Waals surface area contributed by atoms with Crippen LogP contribution < -0.4 is 9.47 Å². The van der Waals surface area contributed by atoms with Crippen molar-refractivity contribution in [3.8, 4) is 34.5 Å². The minimum Gasteiger partial charge on any atom is -0.496 e. The average Bonchev–Trinajstić information content (AvgIpc) is 2.65. The summed E-state index contributed by atoms with van der Waals surface area (Å²) < 4.78 is 11.0. The third kappa shape index (κ3) is 2.92. The molecule has 0 bridgehead atoms. The molecule has 3 aromatic carbocycles. The fourth-order valence-electron chi connectivity index (χ4n) is 2.79. The van der Waals surface area contributed by atoms with Crippen LogP contribution in [0.4, 0.5) is 0 Å². The number of rotatable bonds is 3. The largest absolute Gasteiger partial charge is 0.496 e. The van der Waals surface area contributed by atoms with Crippen molar-refractivity contribution in [1.29, 1.82) is 0 Å². The summed E-state index contributed by atoms with van der Waals surface area (Å²) >= 11 is 0. The molecule has 3 heteroatoms. The van der Waals surface area contributed by atoms with Crippen LogP contribution in [0, 0.1) is 11.8 Å². The average molecular weight is 318 g/mol. The lowest BCUT2D eigenvalue weighted by molar-refractivity contribution is 0.350. The second-order valence-electron chi connectivity index (χ2n) is 5.24. The van der Waals surface area contributed by atoms with Gasteiger partial charge in [-0.05, 0) is 35.4 Å². The normalized spacial score (nSPS) is 10.1. The highest BCUT2D eigenvalue weighted by molar-refractivity contribution is 5.98. The second-order valence-corrected chi connectivity index (χ2v) is 5.24. The van der Waals surface area contributed by atoms with Gasteiger partial charge < -0.3 is 14.6 Å². The lowest BCUT2D eigenvalue weighted by Crippen LogP contribution is -1.93. The van der Waals surface area contributed by atoms with Crippen LogP contribution in [0.3, 0.4) is 0 Å². The van der Waals surface area contributed by atoms with Crippen molar-refractivity contribution in [3.05, 3.63) is 60.2 Å². The Kier molecular flexibility index (Phi) is 4.69. The van der Waals surface area contributed by atoms with Crippen molar-refractivity contribution in [1.82, 2.24) is 0 Å². The van der Waals surface area contributed by atoms with E-state index in [1.807, 2.05) is 48.5 Å². The van der Waals surface area contributed by atoms with Crippen LogP contribution in [0.5, 0.6) is 11.5 Å². The molecule has 0 amide bonds. The first kappa shape index (κ1) is 15.9. The molecule has 0 saturated heterocycles. The molecular formula is C21H18O3. The van der Waals surface area contributed by atoms with Crippen molar-refractivity contribution in [2.24, 2.45) is 0 Å². The fourth-order valence-corrected chi connectivity index (χ4v) is 2.79. The van der Waals surface area contributed by atoms with Crippen LogP contribution in [0.1, 0.15) is 5.56 Å². The maximum absolute atomic E-state index is 9.07. The van der Waals surface area contributed by atoms with Gasteiger partial charge in [0.05, 0.1) is 14.2 Å². The molecule has 0 aliphatic heterocycles. The molecule has 0 saturated carbocycles. The summed E-state index contributed by atoms with van der Waals surface area (Å²) in [7, 11) is 3.30. The zero-order valence-electron chi connectivity index (χ0n) is 13.7. The molecule has 1 N–H and O–H groups in total. The number of fused-ring (bicyclic) bond motifs is 1. The summed E-state index contributed by atoms with van der Waals surface area (Å²) in [4.78, 5) is 0. The maximum Gasteiger partial charge on any atom is 0.127 e. The van der Waals surface area contributed by atoms with E-state index in [1.165, 1.54) is 0 Å². The number of ether oxygens (including phenoxy) is 2. The molecule has 0 aromatic heterocycles. The first-order valence-electron chi connectivity index (χ1n) is 7.62. The van der Waals surface area contributed by atoms with Gasteiger partial charge in [0.25, 0.3) is 0 Å². The number of hydrogen-bond donors (Lipinski definition) is 1. The molecule has 120 valence electrons. The summed E-state index contributed by atoms with van der Waals surface area (Å²) in [6.45, 7) is -0.179. The summed E-state index contributed by atoms with van der Waals surface area (Å²) in [5, 5.41) is 11.0. The van der Waals surface area contributed by atoms with E-state index in [1.54, 1.807) is 14.2 Å². The predicted octanol–water partition coefficient (Wildman–Crippen LogP) is 3.87. The van der Waals surface area contributed by atoms with Gasteiger partial charge in [-0.3, -0.25) is 0 Å². The number of aliphatic hydroxyl groups is 1. The van der Waals surface area contributed by atoms with Gasteiger partial charge in [-0.1, -0.05) is 42.2 Å². The lowest BCUT2D eigenvalue weighted by atomic mass is 9.95. The standard InChI is InChI=1S/C21H18O3/c1-23-20-10-11-21(24-2)19-14-17(15-7-4-3-5-8-15)16(9-6-12-22)13-18(19)20/h3-5,7-8,10-11,13-14,22H,12H2,1-2H3. The van der Waals surface area contributed by atoms with Gasteiger partial charge in [0.2, 0.25) is 0 Å². The van der Waals surface area contributed by atoms with E-state index >= 15 is 0 Å². The van der Waals surface area contributed by atoms with Crippen LogP contribution >= 0.6 is 0 Å². The summed E-state index contributed by atoms with van der Waals surface area (Å²) in [5.74, 6) is 7.33. The highest BCUT2D eigenvalue weighted by atomic mass is 16.5. The Labute approximate surface area is 141 Å². The molecule has 0 aliphatic rings. The van der Waals surface area contributed by atoms with Gasteiger partial charge in [0.15, 0.2) is 0 Å². The van der Waals surface area contributed by atoms with E-state index in [9.17, 15) is 0 Å². The van der Waals surface area contributed by atoms with Crippen LogP contribution in [0.2, 0.25) is 0 Å². The highest BCUT2D eigenvalue weighted by Gasteiger charge is 2.12. The Morgan fingerprint density at radius 2 is 1.50 bits per heavy atom. The van der Waals surface area contributed by atoms with Crippen molar-refractivity contribution in [3.63, 3.8) is 0 Å². The molecule has 24 heavy (non-hydrogen) atoms. The number of hydrogen-bond acceptors (Lipinski definition) is 3. The van der Waals surface area contributed by atoms with Gasteiger partial charge in [-0.15, -0.1) is 0 Å². The zero-order valence-corrected chi connectivity index (χ0v) is 13.7. The highest BCUT2D eigenvalue weighted by Crippen LogP contribution is 2.37. The van der Waals surface area contributed by atoms with Crippen molar-refractivity contribution in [2.75, 3.05) is 20.8 Å². The topological polar surface area (TPSA) is 38.7 Å². The Bertz CT molecular complexity index is 918. The predicted molar refractivity (Wildman–Crippen MR) is 96.5 cm³/mol. The molecule has 3 aromatic rings. The maximum atomic E-state index is 9.07. The Morgan fingerprint density at radius 1 is 0.875 bits per heavy atom. The quantitative estimate of drug-likeness (QED) is 0.745. The van der Waals surface area contributed by atoms with Gasteiger partial charge in [0, 0.05) is 16.3 Å². The fraction of sp³-hybridized carbons (Fsp3) is 0.143. The Balaban J connectivity index is 2.36. The molecule has 0 atom stereocenters. The number of methoxy groups -OCH3 is 2. The van der Waals surface area contributed by atoms with E-state index in [0.29, 0.717) is 0 Å². The van der Waals surface area contributed by atoms with Crippen LogP contribution in [0.25, 0.3) is 21.9 Å². The molecule has 0 fully saturated rings. The van der Waals surface area contributed by atoms with Crippen LogP contribution in [0.15, 0.2) is 54.6 Å². The molecule has 0 aliphatic carbocycles. The molecular weight excluding hydrogens is 300 g/mol.